The normalized spacial score (nSPS) is 16.8. The number of hydrogen-bond donors (Lipinski definition) is 1. The number of rotatable bonds is 6. The molecule has 2 rings (SSSR count). The van der Waals surface area contributed by atoms with Crippen LogP contribution in [0.2, 0.25) is 0 Å². The minimum absolute atomic E-state index is 0.655. The third-order valence-corrected chi connectivity index (χ3v) is 3.19. The molecule has 16 heavy (non-hydrogen) atoms. The van der Waals surface area contributed by atoms with Crippen LogP contribution in [0.25, 0.3) is 0 Å². The predicted molar refractivity (Wildman–Crippen MR) is 66.3 cm³/mol. The van der Waals surface area contributed by atoms with Gasteiger partial charge in [0.25, 0.3) is 0 Å². The summed E-state index contributed by atoms with van der Waals surface area (Å²) in [5.74, 6) is 0. The lowest BCUT2D eigenvalue weighted by atomic mass is 10.3. The lowest BCUT2D eigenvalue weighted by molar-refractivity contribution is 0.461. The molecule has 1 N–H and O–H groups in total. The second kappa shape index (κ2) is 5.85. The van der Waals surface area contributed by atoms with Crippen LogP contribution in [0.4, 0.5) is 0 Å². The summed E-state index contributed by atoms with van der Waals surface area (Å²) in [4.78, 5) is 0. The Balaban J connectivity index is 1.79. The lowest BCUT2D eigenvalue weighted by Gasteiger charge is -2.08. The third-order valence-electron chi connectivity index (χ3n) is 3.19. The fourth-order valence-corrected chi connectivity index (χ4v) is 2.26. The van der Waals surface area contributed by atoms with Crippen LogP contribution in [0.5, 0.6) is 0 Å². The topological polar surface area (TPSA) is 29.9 Å². The summed E-state index contributed by atoms with van der Waals surface area (Å²) in [6.45, 7) is 5.56. The molecule has 0 atom stereocenters. The number of hydrogen-bond acceptors (Lipinski definition) is 2. The van der Waals surface area contributed by atoms with Gasteiger partial charge in [0, 0.05) is 12.7 Å². The van der Waals surface area contributed by atoms with Crippen LogP contribution >= 0.6 is 0 Å². The molecular weight excluding hydrogens is 198 g/mol. The molecule has 0 bridgehead atoms. The van der Waals surface area contributed by atoms with Gasteiger partial charge in [-0.2, -0.15) is 5.10 Å². The fraction of sp³-hybridized carbons (Fsp3) is 0.615. The zero-order valence-corrected chi connectivity index (χ0v) is 9.86. The summed E-state index contributed by atoms with van der Waals surface area (Å²) in [6, 6.07) is 2.78. The first-order valence-electron chi connectivity index (χ1n) is 6.26. The standard InChI is InChI=1S/C13H21N3/c1-2-3-9-14-11-12-8-10-16(15-12)13-6-4-5-7-13/h2,8,10,13-14H,1,3-7,9,11H2. The van der Waals surface area contributed by atoms with Crippen molar-refractivity contribution in [2.75, 3.05) is 6.54 Å². The van der Waals surface area contributed by atoms with Gasteiger partial charge in [-0.1, -0.05) is 18.9 Å². The second-order valence-corrected chi connectivity index (χ2v) is 4.48. The Labute approximate surface area is 97.5 Å². The van der Waals surface area contributed by atoms with Crippen molar-refractivity contribution in [3.8, 4) is 0 Å². The van der Waals surface area contributed by atoms with Crippen LogP contribution in [0, 0.1) is 0 Å². The van der Waals surface area contributed by atoms with Gasteiger partial charge >= 0.3 is 0 Å². The van der Waals surface area contributed by atoms with Crippen LogP contribution in [0.1, 0.15) is 43.8 Å². The molecule has 3 nitrogen and oxygen atoms in total. The van der Waals surface area contributed by atoms with Gasteiger partial charge < -0.3 is 5.32 Å². The Hall–Kier alpha value is -1.09. The van der Waals surface area contributed by atoms with Crippen molar-refractivity contribution < 1.29 is 0 Å². The molecule has 1 fully saturated rings. The quantitative estimate of drug-likeness (QED) is 0.589. The highest BCUT2D eigenvalue weighted by atomic mass is 15.3. The molecule has 0 spiro atoms. The van der Waals surface area contributed by atoms with Gasteiger partial charge in [-0.25, -0.2) is 0 Å². The van der Waals surface area contributed by atoms with Crippen LogP contribution in [0.15, 0.2) is 24.9 Å². The molecule has 1 aromatic rings. The molecule has 0 aromatic carbocycles. The SMILES string of the molecule is C=CCCNCc1ccn(C2CCCC2)n1. The van der Waals surface area contributed by atoms with Crippen LogP contribution in [-0.4, -0.2) is 16.3 Å². The van der Waals surface area contributed by atoms with E-state index >= 15 is 0 Å². The van der Waals surface area contributed by atoms with E-state index in [1.807, 2.05) is 6.08 Å². The van der Waals surface area contributed by atoms with E-state index in [1.165, 1.54) is 25.7 Å². The summed E-state index contributed by atoms with van der Waals surface area (Å²) >= 11 is 0. The van der Waals surface area contributed by atoms with Crippen LogP contribution in [-0.2, 0) is 6.54 Å². The maximum absolute atomic E-state index is 4.62. The van der Waals surface area contributed by atoms with Crippen LogP contribution in [0.3, 0.4) is 0 Å². The zero-order chi connectivity index (χ0) is 11.2. The summed E-state index contributed by atoms with van der Waals surface area (Å²) < 4.78 is 2.15. The smallest absolute Gasteiger partial charge is 0.0762 e. The highest BCUT2D eigenvalue weighted by molar-refractivity contribution is 4.99. The minimum Gasteiger partial charge on any atom is -0.311 e. The molecule has 1 aliphatic rings. The van der Waals surface area contributed by atoms with E-state index in [4.69, 9.17) is 0 Å². The molecule has 0 saturated heterocycles. The van der Waals surface area contributed by atoms with Crippen molar-refractivity contribution in [2.24, 2.45) is 0 Å². The molecule has 1 heterocycles. The van der Waals surface area contributed by atoms with Crippen molar-refractivity contribution >= 4 is 0 Å². The van der Waals surface area contributed by atoms with E-state index < -0.39 is 0 Å². The van der Waals surface area contributed by atoms with Crippen molar-refractivity contribution in [2.45, 2.75) is 44.7 Å². The largest absolute Gasteiger partial charge is 0.311 e. The van der Waals surface area contributed by atoms with Crippen molar-refractivity contribution in [3.05, 3.63) is 30.6 Å². The van der Waals surface area contributed by atoms with Crippen molar-refractivity contribution in [3.63, 3.8) is 0 Å². The predicted octanol–water partition coefficient (Wildman–Crippen LogP) is 2.66. The van der Waals surface area contributed by atoms with Gasteiger partial charge in [0.1, 0.15) is 0 Å². The van der Waals surface area contributed by atoms with Gasteiger partial charge in [0.15, 0.2) is 0 Å². The molecule has 1 aliphatic carbocycles. The number of nitrogens with zero attached hydrogens (tertiary/aromatic N) is 2. The molecule has 0 amide bonds. The monoisotopic (exact) mass is 219 g/mol. The van der Waals surface area contributed by atoms with E-state index in [0.717, 1.165) is 25.2 Å². The molecule has 3 heteroatoms. The Bertz CT molecular complexity index is 324. The Kier molecular flexibility index (Phi) is 4.17. The lowest BCUT2D eigenvalue weighted by Crippen LogP contribution is -2.15. The average molecular weight is 219 g/mol. The summed E-state index contributed by atoms with van der Waals surface area (Å²) in [6.07, 6.45) is 10.4. The van der Waals surface area contributed by atoms with Crippen molar-refractivity contribution in [1.29, 1.82) is 0 Å². The number of nitrogens with one attached hydrogen (secondary N) is 1. The molecule has 0 aliphatic heterocycles. The first kappa shape index (κ1) is 11.4. The van der Waals surface area contributed by atoms with E-state index in [0.29, 0.717) is 6.04 Å². The molecule has 1 saturated carbocycles. The summed E-state index contributed by atoms with van der Waals surface area (Å²) in [5.41, 5.74) is 1.15. The van der Waals surface area contributed by atoms with E-state index in [9.17, 15) is 0 Å². The van der Waals surface area contributed by atoms with Gasteiger partial charge in [0.05, 0.1) is 11.7 Å². The highest BCUT2D eigenvalue weighted by Gasteiger charge is 2.17. The molecular formula is C13H21N3. The van der Waals surface area contributed by atoms with E-state index in [2.05, 4.69) is 33.9 Å². The minimum atomic E-state index is 0.655. The maximum atomic E-state index is 4.62. The van der Waals surface area contributed by atoms with Crippen molar-refractivity contribution in [1.82, 2.24) is 15.1 Å². The Morgan fingerprint density at radius 3 is 3.06 bits per heavy atom. The molecule has 88 valence electrons. The zero-order valence-electron chi connectivity index (χ0n) is 9.86. The first-order valence-corrected chi connectivity index (χ1v) is 6.26. The molecule has 1 aromatic heterocycles. The molecule has 0 radical (unpaired) electrons. The highest BCUT2D eigenvalue weighted by Crippen LogP contribution is 2.28. The van der Waals surface area contributed by atoms with Gasteiger partial charge in [-0.05, 0) is 31.9 Å². The maximum Gasteiger partial charge on any atom is 0.0762 e. The van der Waals surface area contributed by atoms with Gasteiger partial charge in [0.2, 0.25) is 0 Å². The summed E-state index contributed by atoms with van der Waals surface area (Å²) in [7, 11) is 0. The van der Waals surface area contributed by atoms with Gasteiger partial charge in [-0.3, -0.25) is 4.68 Å². The first-order chi connectivity index (χ1) is 7.90. The van der Waals surface area contributed by atoms with E-state index in [1.54, 1.807) is 0 Å². The average Bonchev–Trinajstić information content (AvgIpc) is 2.94. The molecule has 0 unspecified atom stereocenters. The fourth-order valence-electron chi connectivity index (χ4n) is 2.26. The van der Waals surface area contributed by atoms with Gasteiger partial charge in [-0.15, -0.1) is 6.58 Å². The summed E-state index contributed by atoms with van der Waals surface area (Å²) in [5, 5.41) is 7.98. The third kappa shape index (κ3) is 2.95. The Morgan fingerprint density at radius 2 is 2.31 bits per heavy atom. The number of aromatic nitrogens is 2. The Morgan fingerprint density at radius 1 is 1.50 bits per heavy atom. The van der Waals surface area contributed by atoms with Crippen LogP contribution < -0.4 is 5.32 Å². The second-order valence-electron chi connectivity index (χ2n) is 4.48. The van der Waals surface area contributed by atoms with E-state index in [-0.39, 0.29) is 0 Å².